The summed E-state index contributed by atoms with van der Waals surface area (Å²) in [7, 11) is 0. The maximum Gasteiger partial charge on any atom is 1.00 e. The number of hydrogen-bond acceptors (Lipinski definition) is 1. The molecule has 0 unspecified atom stereocenters. The summed E-state index contributed by atoms with van der Waals surface area (Å²) >= 11 is 0. The number of carboxylic acids is 1. The number of carboxylic acid groups (broad SMARTS) is 1. The Morgan fingerprint density at radius 1 is 0.783 bits per heavy atom. The van der Waals surface area contributed by atoms with Crippen LogP contribution in [0, 0.1) is 6.92 Å². The summed E-state index contributed by atoms with van der Waals surface area (Å²) in [4.78, 5) is 10.3. The Bertz CT molecular complexity index is 240. The SMILES string of the molecule is CCCCCCCC/C=C\CCCCCCCC(=O)O.[CH2-]C.[Ru+]. The molecule has 0 heterocycles. The minimum Gasteiger partial charge on any atom is -0.481 e. The van der Waals surface area contributed by atoms with Crippen molar-refractivity contribution in [1.29, 1.82) is 0 Å². The monoisotopic (exact) mass is 413 g/mol. The summed E-state index contributed by atoms with van der Waals surface area (Å²) in [5.41, 5.74) is 0. The molecule has 139 valence electrons. The first-order valence-corrected chi connectivity index (χ1v) is 9.35. The molecule has 0 spiro atoms. The van der Waals surface area contributed by atoms with Gasteiger partial charge in [0, 0.05) is 6.42 Å². The molecule has 0 rings (SSSR count). The van der Waals surface area contributed by atoms with Crippen LogP contribution in [0.5, 0.6) is 0 Å². The van der Waals surface area contributed by atoms with E-state index in [0.717, 1.165) is 12.8 Å². The van der Waals surface area contributed by atoms with E-state index in [9.17, 15) is 4.79 Å². The van der Waals surface area contributed by atoms with Crippen LogP contribution in [0.3, 0.4) is 0 Å². The molecule has 23 heavy (non-hydrogen) atoms. The van der Waals surface area contributed by atoms with Crippen molar-refractivity contribution >= 4 is 5.97 Å². The number of unbranched alkanes of at least 4 members (excludes halogenated alkanes) is 11. The summed E-state index contributed by atoms with van der Waals surface area (Å²) in [6.07, 6.45) is 21.2. The first kappa shape index (κ1) is 27.7. The van der Waals surface area contributed by atoms with Crippen molar-refractivity contribution < 1.29 is 29.4 Å². The Morgan fingerprint density at radius 3 is 1.61 bits per heavy atom. The molecule has 3 heteroatoms. The molecule has 0 bridgehead atoms. The second-order valence-corrected chi connectivity index (χ2v) is 5.73. The van der Waals surface area contributed by atoms with Crippen LogP contribution in [-0.4, -0.2) is 11.1 Å². The third-order valence-corrected chi connectivity index (χ3v) is 3.65. The van der Waals surface area contributed by atoms with E-state index in [-0.39, 0.29) is 19.5 Å². The standard InChI is InChI=1S/C18H34O2.C2H5.Ru/c1-2-3-4-5-6-7-8-9-10-11-12-13-14-15-16-17-18(19)20;1-2;/h9-10H,2-8,11-17H2,1H3,(H,19,20);1H2,2H3;/q;-1;+1/b10-9-;;. The Balaban J connectivity index is -0.00000128. The van der Waals surface area contributed by atoms with Gasteiger partial charge in [-0.05, 0) is 32.1 Å². The van der Waals surface area contributed by atoms with E-state index in [1.54, 1.807) is 6.92 Å². The number of hydrogen-bond donors (Lipinski definition) is 1. The zero-order valence-electron chi connectivity index (χ0n) is 15.5. The molecule has 0 saturated carbocycles. The molecular formula is C20H39O2Ru. The van der Waals surface area contributed by atoms with Crippen LogP contribution < -0.4 is 0 Å². The van der Waals surface area contributed by atoms with Gasteiger partial charge in [-0.2, -0.15) is 6.92 Å². The van der Waals surface area contributed by atoms with Gasteiger partial charge >= 0.3 is 25.4 Å². The summed E-state index contributed by atoms with van der Waals surface area (Å²) < 4.78 is 0. The molecule has 0 aromatic heterocycles. The average Bonchev–Trinajstić information content (AvgIpc) is 2.53. The normalized spacial score (nSPS) is 10.0. The van der Waals surface area contributed by atoms with E-state index >= 15 is 0 Å². The largest absolute Gasteiger partial charge is 1.00 e. The van der Waals surface area contributed by atoms with Crippen LogP contribution in [0.2, 0.25) is 0 Å². The fourth-order valence-electron chi connectivity index (χ4n) is 2.35. The Labute approximate surface area is 158 Å². The molecule has 0 aliphatic carbocycles. The predicted octanol–water partition coefficient (Wildman–Crippen LogP) is 6.95. The summed E-state index contributed by atoms with van der Waals surface area (Å²) in [6, 6.07) is 0. The number of allylic oxidation sites excluding steroid dienone is 2. The molecule has 0 amide bonds. The van der Waals surface area contributed by atoms with Gasteiger partial charge < -0.3 is 12.0 Å². The van der Waals surface area contributed by atoms with E-state index in [4.69, 9.17) is 5.11 Å². The van der Waals surface area contributed by atoms with Crippen LogP contribution in [-0.2, 0) is 24.3 Å². The zero-order chi connectivity index (χ0) is 16.9. The van der Waals surface area contributed by atoms with Crippen LogP contribution in [0.25, 0.3) is 0 Å². The Hall–Kier alpha value is -0.167. The van der Waals surface area contributed by atoms with Gasteiger partial charge in [-0.3, -0.25) is 4.79 Å². The van der Waals surface area contributed by atoms with Crippen molar-refractivity contribution in [2.45, 2.75) is 104 Å². The van der Waals surface area contributed by atoms with Crippen molar-refractivity contribution in [1.82, 2.24) is 0 Å². The van der Waals surface area contributed by atoms with Crippen LogP contribution in [0.15, 0.2) is 12.2 Å². The van der Waals surface area contributed by atoms with Crippen molar-refractivity contribution in [2.75, 3.05) is 0 Å². The molecule has 0 aliphatic rings. The quantitative estimate of drug-likeness (QED) is 0.137. The molecule has 1 radical (unpaired) electrons. The van der Waals surface area contributed by atoms with Gasteiger partial charge in [0.05, 0.1) is 0 Å². The van der Waals surface area contributed by atoms with Crippen molar-refractivity contribution in [3.8, 4) is 0 Å². The molecule has 0 aromatic rings. The number of aliphatic carboxylic acids is 1. The first-order chi connectivity index (χ1) is 10.8. The van der Waals surface area contributed by atoms with Crippen molar-refractivity contribution in [2.24, 2.45) is 0 Å². The minimum atomic E-state index is -0.664. The second-order valence-electron chi connectivity index (χ2n) is 5.73. The zero-order valence-corrected chi connectivity index (χ0v) is 17.2. The van der Waals surface area contributed by atoms with Gasteiger partial charge in [0.25, 0.3) is 0 Å². The predicted molar refractivity (Wildman–Crippen MR) is 98.1 cm³/mol. The molecule has 1 N–H and O–H groups in total. The minimum absolute atomic E-state index is 0. The summed E-state index contributed by atoms with van der Waals surface area (Å²) in [5.74, 6) is -0.664. The first-order valence-electron chi connectivity index (χ1n) is 9.35. The van der Waals surface area contributed by atoms with E-state index in [2.05, 4.69) is 26.0 Å². The molecule has 0 aromatic carbocycles. The van der Waals surface area contributed by atoms with Gasteiger partial charge in [0.1, 0.15) is 0 Å². The van der Waals surface area contributed by atoms with Gasteiger partial charge in [0.15, 0.2) is 0 Å². The fourth-order valence-corrected chi connectivity index (χ4v) is 2.35. The third-order valence-electron chi connectivity index (χ3n) is 3.65. The van der Waals surface area contributed by atoms with Gasteiger partial charge in [-0.1, -0.05) is 70.4 Å². The Morgan fingerprint density at radius 2 is 1.17 bits per heavy atom. The molecule has 2 nitrogen and oxygen atoms in total. The van der Waals surface area contributed by atoms with Crippen LogP contribution in [0.1, 0.15) is 104 Å². The van der Waals surface area contributed by atoms with Crippen LogP contribution in [0.4, 0.5) is 0 Å². The van der Waals surface area contributed by atoms with E-state index in [1.165, 1.54) is 70.6 Å². The van der Waals surface area contributed by atoms with E-state index in [1.807, 2.05) is 0 Å². The number of rotatable bonds is 15. The average molecular weight is 413 g/mol. The number of carbonyl (C=O) groups is 1. The molecule has 0 fully saturated rings. The molecular weight excluding hydrogens is 373 g/mol. The van der Waals surface area contributed by atoms with Gasteiger partial charge in [-0.25, -0.2) is 0 Å². The van der Waals surface area contributed by atoms with E-state index in [0.29, 0.717) is 6.42 Å². The van der Waals surface area contributed by atoms with Gasteiger partial charge in [-0.15, -0.1) is 0 Å². The van der Waals surface area contributed by atoms with Crippen LogP contribution >= 0.6 is 0 Å². The van der Waals surface area contributed by atoms with E-state index < -0.39 is 5.97 Å². The Kier molecular flexibility index (Phi) is 32.1. The fraction of sp³-hybridized carbons (Fsp3) is 0.800. The smallest absolute Gasteiger partial charge is 0.481 e. The summed E-state index contributed by atoms with van der Waals surface area (Å²) in [6.45, 7) is 7.26. The summed E-state index contributed by atoms with van der Waals surface area (Å²) in [5, 5.41) is 8.51. The van der Waals surface area contributed by atoms with Crippen molar-refractivity contribution in [3.63, 3.8) is 0 Å². The molecule has 0 aliphatic heterocycles. The van der Waals surface area contributed by atoms with Gasteiger partial charge in [0.2, 0.25) is 0 Å². The maximum absolute atomic E-state index is 10.3. The van der Waals surface area contributed by atoms with Crippen molar-refractivity contribution in [3.05, 3.63) is 19.1 Å². The molecule has 0 atom stereocenters. The second kappa shape index (κ2) is 26.7. The molecule has 0 saturated heterocycles. The topological polar surface area (TPSA) is 37.3 Å². The maximum atomic E-state index is 10.3. The third kappa shape index (κ3) is 30.3.